The average Bonchev–Trinajstić information content (AvgIpc) is 1.99. The molecule has 0 aliphatic rings. The van der Waals surface area contributed by atoms with Crippen LogP contribution < -0.4 is 12.3 Å². The lowest BCUT2D eigenvalue weighted by Crippen LogP contribution is -1.89. The Morgan fingerprint density at radius 3 is 2.38 bits per heavy atom. The van der Waals surface area contributed by atoms with Crippen molar-refractivity contribution in [1.82, 2.24) is 12.3 Å². The van der Waals surface area contributed by atoms with E-state index in [2.05, 4.69) is 5.16 Å². The summed E-state index contributed by atoms with van der Waals surface area (Å²) in [6.07, 6.45) is 1.45. The van der Waals surface area contributed by atoms with Crippen molar-refractivity contribution in [2.24, 2.45) is 5.16 Å². The van der Waals surface area contributed by atoms with Crippen molar-refractivity contribution in [3.63, 3.8) is 0 Å². The molecule has 0 fully saturated rings. The highest BCUT2D eigenvalue weighted by Gasteiger charge is 1.95. The van der Waals surface area contributed by atoms with Gasteiger partial charge in [-0.05, 0) is 30.5 Å². The second-order valence-corrected chi connectivity index (χ2v) is 2.53. The highest BCUT2D eigenvalue weighted by atomic mass is 16.4. The second kappa shape index (κ2) is 6.16. The number of hydrogen-bond acceptors (Lipinski definition) is 4. The van der Waals surface area contributed by atoms with Crippen LogP contribution in [0.5, 0.6) is 0 Å². The molecule has 0 atom stereocenters. The summed E-state index contributed by atoms with van der Waals surface area (Å²) in [7, 11) is 0. The average molecular weight is 183 g/mol. The molecule has 7 N–H and O–H groups in total. The summed E-state index contributed by atoms with van der Waals surface area (Å²) in [5.41, 5.74) is 3.33. The molecule has 0 saturated carbocycles. The van der Waals surface area contributed by atoms with Gasteiger partial charge in [0.25, 0.3) is 0 Å². The van der Waals surface area contributed by atoms with Gasteiger partial charge in [-0.1, -0.05) is 23.4 Å². The Morgan fingerprint density at radius 2 is 1.85 bits per heavy atom. The van der Waals surface area contributed by atoms with Gasteiger partial charge in [0.2, 0.25) is 0 Å². The van der Waals surface area contributed by atoms with Crippen LogP contribution in [0.1, 0.15) is 16.7 Å². The van der Waals surface area contributed by atoms with Crippen LogP contribution in [0.25, 0.3) is 0 Å². The molecule has 1 rings (SSSR count). The fourth-order valence-electron chi connectivity index (χ4n) is 0.976. The molecule has 0 aliphatic carbocycles. The summed E-state index contributed by atoms with van der Waals surface area (Å²) < 4.78 is 0. The van der Waals surface area contributed by atoms with E-state index in [-0.39, 0.29) is 12.3 Å². The monoisotopic (exact) mass is 183 g/mol. The molecule has 0 aromatic heterocycles. The zero-order chi connectivity index (χ0) is 8.27. The lowest BCUT2D eigenvalue weighted by Gasteiger charge is -2.01. The Morgan fingerprint density at radius 1 is 1.23 bits per heavy atom. The molecule has 0 heterocycles. The zero-order valence-corrected chi connectivity index (χ0v) is 8.12. The number of benzene rings is 1. The Labute approximate surface area is 78.4 Å². The van der Waals surface area contributed by atoms with Crippen molar-refractivity contribution in [2.45, 2.75) is 13.8 Å². The summed E-state index contributed by atoms with van der Waals surface area (Å²) in [4.78, 5) is 0. The van der Waals surface area contributed by atoms with Gasteiger partial charge >= 0.3 is 0 Å². The molecule has 4 nitrogen and oxygen atoms in total. The lowest BCUT2D eigenvalue weighted by atomic mass is 10.0. The van der Waals surface area contributed by atoms with E-state index in [9.17, 15) is 0 Å². The van der Waals surface area contributed by atoms with Crippen LogP contribution in [-0.2, 0) is 0 Å². The number of nitrogens with zero attached hydrogens (tertiary/aromatic N) is 1. The highest BCUT2D eigenvalue weighted by molar-refractivity contribution is 5.81. The molecule has 0 amide bonds. The molecule has 0 spiro atoms. The molecule has 0 bridgehead atoms. The van der Waals surface area contributed by atoms with E-state index in [1.165, 1.54) is 11.8 Å². The Hall–Kier alpha value is -1.39. The molecule has 0 radical (unpaired) electrons. The van der Waals surface area contributed by atoms with Crippen molar-refractivity contribution in [2.75, 3.05) is 0 Å². The van der Waals surface area contributed by atoms with Crippen LogP contribution in [0, 0.1) is 13.8 Å². The predicted molar refractivity (Wildman–Crippen MR) is 55.3 cm³/mol. The number of rotatable bonds is 1. The van der Waals surface area contributed by atoms with E-state index in [1.54, 1.807) is 0 Å². The van der Waals surface area contributed by atoms with Crippen molar-refractivity contribution in [3.05, 3.63) is 34.9 Å². The van der Waals surface area contributed by atoms with Crippen LogP contribution in [0.15, 0.2) is 23.4 Å². The minimum atomic E-state index is 0. The Kier molecular flexibility index (Phi) is 6.71. The lowest BCUT2D eigenvalue weighted by molar-refractivity contribution is 0.322. The van der Waals surface area contributed by atoms with Gasteiger partial charge < -0.3 is 17.5 Å². The first kappa shape index (κ1) is 14.2. The topological polar surface area (TPSA) is 103 Å². The summed E-state index contributed by atoms with van der Waals surface area (Å²) in [5.74, 6) is 0. The minimum absolute atomic E-state index is 0. The third-order valence-electron chi connectivity index (χ3n) is 1.84. The summed E-state index contributed by atoms with van der Waals surface area (Å²) in [6, 6.07) is 5.89. The number of aryl methyl sites for hydroxylation is 1. The van der Waals surface area contributed by atoms with E-state index >= 15 is 0 Å². The third kappa shape index (κ3) is 3.23. The molecule has 4 heteroatoms. The maximum absolute atomic E-state index is 8.30. The quantitative estimate of drug-likeness (QED) is 0.354. The van der Waals surface area contributed by atoms with E-state index in [4.69, 9.17) is 5.21 Å². The van der Waals surface area contributed by atoms with E-state index in [0.717, 1.165) is 11.1 Å². The van der Waals surface area contributed by atoms with Crippen LogP contribution in [0.2, 0.25) is 0 Å². The van der Waals surface area contributed by atoms with E-state index < -0.39 is 0 Å². The largest absolute Gasteiger partial charge is 0.411 e. The normalized spacial score (nSPS) is 9.08. The molecule has 0 aliphatic heterocycles. The van der Waals surface area contributed by atoms with Gasteiger partial charge in [-0.3, -0.25) is 0 Å². The van der Waals surface area contributed by atoms with Gasteiger partial charge in [0, 0.05) is 0 Å². The van der Waals surface area contributed by atoms with Gasteiger partial charge in [-0.15, -0.1) is 0 Å². The van der Waals surface area contributed by atoms with Gasteiger partial charge in [-0.2, -0.15) is 0 Å². The van der Waals surface area contributed by atoms with Crippen molar-refractivity contribution < 1.29 is 5.21 Å². The summed E-state index contributed by atoms with van der Waals surface area (Å²) >= 11 is 0. The molecule has 0 saturated heterocycles. The Balaban J connectivity index is 0. The maximum atomic E-state index is 8.30. The maximum Gasteiger partial charge on any atom is 0.0736 e. The van der Waals surface area contributed by atoms with Crippen LogP contribution in [0.3, 0.4) is 0 Å². The predicted octanol–water partition coefficient (Wildman–Crippen LogP) is 2.44. The standard InChI is InChI=1S/C9H11NO.2H3N/c1-7-4-3-5-9(6-10-11)8(7)2;;/h3-6,11H,1-2H3;2*1H3. The molecule has 1 aromatic carbocycles. The molecule has 0 unspecified atom stereocenters. The van der Waals surface area contributed by atoms with E-state index in [0.29, 0.717) is 0 Å². The highest BCUT2D eigenvalue weighted by Crippen LogP contribution is 2.09. The zero-order valence-electron chi connectivity index (χ0n) is 8.12. The van der Waals surface area contributed by atoms with Crippen molar-refractivity contribution in [3.8, 4) is 0 Å². The smallest absolute Gasteiger partial charge is 0.0736 e. The fraction of sp³-hybridized carbons (Fsp3) is 0.222. The minimum Gasteiger partial charge on any atom is -0.411 e. The summed E-state index contributed by atoms with van der Waals surface area (Å²) in [6.45, 7) is 4.04. The second-order valence-electron chi connectivity index (χ2n) is 2.53. The van der Waals surface area contributed by atoms with Gasteiger partial charge in [0.15, 0.2) is 0 Å². The van der Waals surface area contributed by atoms with Crippen molar-refractivity contribution in [1.29, 1.82) is 0 Å². The van der Waals surface area contributed by atoms with Crippen LogP contribution in [-0.4, -0.2) is 11.4 Å². The van der Waals surface area contributed by atoms with Crippen LogP contribution >= 0.6 is 0 Å². The first-order chi connectivity index (χ1) is 5.25. The van der Waals surface area contributed by atoms with Gasteiger partial charge in [-0.25, -0.2) is 0 Å². The molecule has 1 aromatic rings. The molecular formula is C9H17N3O. The Bertz CT molecular complexity index is 284. The molecular weight excluding hydrogens is 166 g/mol. The van der Waals surface area contributed by atoms with Crippen molar-refractivity contribution >= 4 is 6.21 Å². The molecule has 13 heavy (non-hydrogen) atoms. The van der Waals surface area contributed by atoms with E-state index in [1.807, 2.05) is 32.0 Å². The summed E-state index contributed by atoms with van der Waals surface area (Å²) in [5, 5.41) is 11.3. The first-order valence-corrected chi connectivity index (χ1v) is 3.49. The fourth-order valence-corrected chi connectivity index (χ4v) is 0.976. The first-order valence-electron chi connectivity index (χ1n) is 3.49. The molecule has 74 valence electrons. The SMILES string of the molecule is Cc1cccc(C=NO)c1C.N.N. The van der Waals surface area contributed by atoms with Gasteiger partial charge in [0.1, 0.15) is 0 Å². The van der Waals surface area contributed by atoms with Gasteiger partial charge in [0.05, 0.1) is 6.21 Å². The number of oxime groups is 1. The number of hydrogen-bond donors (Lipinski definition) is 3. The van der Waals surface area contributed by atoms with Crippen LogP contribution in [0.4, 0.5) is 0 Å². The third-order valence-corrected chi connectivity index (χ3v) is 1.84.